The molecular weight excluding hydrogens is 203 g/mol. The van der Waals surface area contributed by atoms with Gasteiger partial charge in [-0.05, 0) is 39.5 Å². The highest BCUT2D eigenvalue weighted by Gasteiger charge is 2.23. The molecule has 0 radical (unpaired) electrons. The second-order valence-corrected chi connectivity index (χ2v) is 4.17. The van der Waals surface area contributed by atoms with Gasteiger partial charge in [-0.15, -0.1) is 9.24 Å². The van der Waals surface area contributed by atoms with Gasteiger partial charge < -0.3 is 9.80 Å². The highest BCUT2D eigenvalue weighted by atomic mass is 31.0. The van der Waals surface area contributed by atoms with Gasteiger partial charge in [-0.25, -0.2) is 0 Å². The fourth-order valence-corrected chi connectivity index (χ4v) is 2.05. The van der Waals surface area contributed by atoms with Gasteiger partial charge in [0.05, 0.1) is 0 Å². The number of likely N-dealkylation sites (N-methyl/N-ethyl adjacent to an activating group) is 2. The van der Waals surface area contributed by atoms with Crippen LogP contribution < -0.4 is 0 Å². The monoisotopic (exact) mass is 232 g/mol. The van der Waals surface area contributed by atoms with Gasteiger partial charge in [0, 0.05) is 12.6 Å². The highest BCUT2D eigenvalue weighted by Crippen LogP contribution is 2.14. The third kappa shape index (κ3) is 5.85. The first kappa shape index (κ1) is 15.3. The Hall–Kier alpha value is 0.350. The van der Waals surface area contributed by atoms with Crippen LogP contribution in [-0.4, -0.2) is 55.7 Å². The fraction of sp³-hybridized carbons (Fsp3) is 1.00. The second-order valence-electron chi connectivity index (χ2n) is 4.17. The van der Waals surface area contributed by atoms with E-state index in [-0.39, 0.29) is 0 Å². The van der Waals surface area contributed by atoms with E-state index in [1.165, 1.54) is 45.4 Å². The van der Waals surface area contributed by atoms with Crippen LogP contribution in [0.1, 0.15) is 33.1 Å². The standard InChI is InChI=1S/C11H24N2.CH5P/c1-4-6-8-12(3)11-7-9-13(5-2)10-11;1-2/h11H,4-10H2,1-3H3;2H2,1H3. The van der Waals surface area contributed by atoms with Crippen molar-refractivity contribution >= 4 is 9.24 Å². The van der Waals surface area contributed by atoms with Gasteiger partial charge in [0.15, 0.2) is 0 Å². The van der Waals surface area contributed by atoms with Crippen LogP contribution >= 0.6 is 9.24 Å². The van der Waals surface area contributed by atoms with E-state index in [0.717, 1.165) is 6.04 Å². The summed E-state index contributed by atoms with van der Waals surface area (Å²) in [5.74, 6) is 0. The van der Waals surface area contributed by atoms with Crippen LogP contribution in [0.25, 0.3) is 0 Å². The molecule has 3 heteroatoms. The maximum atomic E-state index is 2.55. The number of hydrogen-bond acceptors (Lipinski definition) is 2. The SMILES string of the molecule is CCCCN(C)C1CCN(CC)C1.CP. The maximum Gasteiger partial charge on any atom is 0.0232 e. The molecule has 0 aliphatic carbocycles. The van der Waals surface area contributed by atoms with E-state index in [9.17, 15) is 0 Å². The van der Waals surface area contributed by atoms with Crippen LogP contribution in [0, 0.1) is 0 Å². The zero-order valence-corrected chi connectivity index (χ0v) is 12.2. The number of hydrogen-bond donors (Lipinski definition) is 0. The third-order valence-corrected chi connectivity index (χ3v) is 3.18. The molecule has 0 aromatic carbocycles. The first-order valence-electron chi connectivity index (χ1n) is 6.28. The van der Waals surface area contributed by atoms with Gasteiger partial charge in [0.25, 0.3) is 0 Å². The molecule has 0 N–H and O–H groups in total. The molecule has 1 rings (SSSR count). The lowest BCUT2D eigenvalue weighted by Crippen LogP contribution is -2.35. The fourth-order valence-electron chi connectivity index (χ4n) is 2.05. The molecule has 1 heterocycles. The van der Waals surface area contributed by atoms with Crippen molar-refractivity contribution in [2.24, 2.45) is 0 Å². The van der Waals surface area contributed by atoms with E-state index in [0.29, 0.717) is 0 Å². The van der Waals surface area contributed by atoms with Crippen molar-refractivity contribution in [3.63, 3.8) is 0 Å². The molecule has 0 amide bonds. The zero-order chi connectivity index (χ0) is 11.7. The van der Waals surface area contributed by atoms with Gasteiger partial charge in [0.2, 0.25) is 0 Å². The van der Waals surface area contributed by atoms with Crippen molar-refractivity contribution in [3.05, 3.63) is 0 Å². The molecule has 15 heavy (non-hydrogen) atoms. The lowest BCUT2D eigenvalue weighted by atomic mass is 10.2. The third-order valence-electron chi connectivity index (χ3n) is 3.18. The summed E-state index contributed by atoms with van der Waals surface area (Å²) in [7, 11) is 4.69. The molecule has 1 fully saturated rings. The number of unbranched alkanes of at least 4 members (excludes halogenated alkanes) is 1. The predicted molar refractivity (Wildman–Crippen MR) is 73.7 cm³/mol. The van der Waals surface area contributed by atoms with Gasteiger partial charge in [0.1, 0.15) is 0 Å². The normalized spacial score (nSPS) is 21.6. The van der Waals surface area contributed by atoms with E-state index in [2.05, 4.69) is 39.9 Å². The van der Waals surface area contributed by atoms with Crippen molar-refractivity contribution in [1.29, 1.82) is 0 Å². The van der Waals surface area contributed by atoms with E-state index in [1.807, 2.05) is 6.66 Å². The van der Waals surface area contributed by atoms with E-state index < -0.39 is 0 Å². The van der Waals surface area contributed by atoms with Crippen molar-refractivity contribution < 1.29 is 0 Å². The first-order chi connectivity index (χ1) is 7.27. The minimum absolute atomic E-state index is 0.825. The van der Waals surface area contributed by atoms with Crippen LogP contribution in [0.5, 0.6) is 0 Å². The van der Waals surface area contributed by atoms with Crippen LogP contribution in [0.15, 0.2) is 0 Å². The number of nitrogens with zero attached hydrogens (tertiary/aromatic N) is 2. The Morgan fingerprint density at radius 2 is 2.00 bits per heavy atom. The topological polar surface area (TPSA) is 6.48 Å². The van der Waals surface area contributed by atoms with Gasteiger partial charge in [-0.2, -0.15) is 0 Å². The molecule has 0 spiro atoms. The first-order valence-corrected chi connectivity index (χ1v) is 7.43. The summed E-state index contributed by atoms with van der Waals surface area (Å²) < 4.78 is 0. The average Bonchev–Trinajstić information content (AvgIpc) is 2.77. The molecule has 0 bridgehead atoms. The average molecular weight is 232 g/mol. The maximum absolute atomic E-state index is 2.55. The summed E-state index contributed by atoms with van der Waals surface area (Å²) in [4.78, 5) is 5.09. The summed E-state index contributed by atoms with van der Waals surface area (Å²) in [5.41, 5.74) is 0. The van der Waals surface area contributed by atoms with Crippen LogP contribution in [0.2, 0.25) is 0 Å². The molecule has 2 nitrogen and oxygen atoms in total. The molecule has 2 unspecified atom stereocenters. The second kappa shape index (κ2) is 9.57. The molecule has 1 saturated heterocycles. The van der Waals surface area contributed by atoms with E-state index in [4.69, 9.17) is 0 Å². The Kier molecular flexibility index (Phi) is 9.79. The minimum Gasteiger partial charge on any atom is -0.302 e. The summed E-state index contributed by atoms with van der Waals surface area (Å²) in [6.07, 6.45) is 4.03. The lowest BCUT2D eigenvalue weighted by Gasteiger charge is -2.24. The number of likely N-dealkylation sites (tertiary alicyclic amines) is 1. The van der Waals surface area contributed by atoms with Crippen molar-refractivity contribution in [3.8, 4) is 0 Å². The predicted octanol–water partition coefficient (Wildman–Crippen LogP) is 2.30. The molecule has 92 valence electrons. The van der Waals surface area contributed by atoms with Crippen LogP contribution in [0.3, 0.4) is 0 Å². The summed E-state index contributed by atoms with van der Waals surface area (Å²) in [6, 6.07) is 0.825. The largest absolute Gasteiger partial charge is 0.302 e. The molecule has 0 saturated carbocycles. The van der Waals surface area contributed by atoms with Gasteiger partial charge >= 0.3 is 0 Å². The van der Waals surface area contributed by atoms with Crippen molar-refractivity contribution in [2.45, 2.75) is 39.2 Å². The van der Waals surface area contributed by atoms with Gasteiger partial charge in [-0.3, -0.25) is 0 Å². The minimum atomic E-state index is 0.825. The van der Waals surface area contributed by atoms with Crippen molar-refractivity contribution in [1.82, 2.24) is 9.80 Å². The summed E-state index contributed by atoms with van der Waals surface area (Å²) >= 11 is 0. The summed E-state index contributed by atoms with van der Waals surface area (Å²) in [5, 5.41) is 0. The van der Waals surface area contributed by atoms with Crippen molar-refractivity contribution in [2.75, 3.05) is 39.9 Å². The Labute approximate surface area is 98.6 Å². The molecule has 0 aromatic rings. The molecule has 0 aromatic heterocycles. The Bertz CT molecular complexity index is 142. The highest BCUT2D eigenvalue weighted by molar-refractivity contribution is 7.15. The molecule has 1 aliphatic rings. The summed E-state index contributed by atoms with van der Waals surface area (Å²) in [6.45, 7) is 11.5. The van der Waals surface area contributed by atoms with Crippen LogP contribution in [0.4, 0.5) is 0 Å². The quantitative estimate of drug-likeness (QED) is 0.671. The molecule has 1 aliphatic heterocycles. The lowest BCUT2D eigenvalue weighted by molar-refractivity contribution is 0.232. The molecular formula is C12H29N2P. The van der Waals surface area contributed by atoms with Crippen LogP contribution in [-0.2, 0) is 0 Å². The Morgan fingerprint density at radius 1 is 1.33 bits per heavy atom. The zero-order valence-electron chi connectivity index (χ0n) is 11.0. The Morgan fingerprint density at radius 3 is 2.47 bits per heavy atom. The van der Waals surface area contributed by atoms with E-state index >= 15 is 0 Å². The van der Waals surface area contributed by atoms with E-state index in [1.54, 1.807) is 0 Å². The number of rotatable bonds is 5. The molecule has 2 atom stereocenters. The smallest absolute Gasteiger partial charge is 0.0232 e. The van der Waals surface area contributed by atoms with Gasteiger partial charge in [-0.1, -0.05) is 26.9 Å². The Balaban J connectivity index is 0.000000921.